The van der Waals surface area contributed by atoms with Gasteiger partial charge in [0.2, 0.25) is 5.91 Å². The van der Waals surface area contributed by atoms with Crippen LogP contribution in [0.5, 0.6) is 0 Å². The molecule has 0 bridgehead atoms. The van der Waals surface area contributed by atoms with E-state index in [-0.39, 0.29) is 5.91 Å². The van der Waals surface area contributed by atoms with Crippen LogP contribution >= 0.6 is 0 Å². The van der Waals surface area contributed by atoms with Gasteiger partial charge in [-0.05, 0) is 35.9 Å². The van der Waals surface area contributed by atoms with E-state index in [2.05, 4.69) is 42.6 Å². The summed E-state index contributed by atoms with van der Waals surface area (Å²) in [5, 5.41) is 16.4. The number of aromatic nitrogens is 5. The molecular formula is C24H26N8O. The number of pyridine rings is 1. The molecule has 0 spiro atoms. The minimum Gasteiger partial charge on any atom is -0.368 e. The molecule has 9 nitrogen and oxygen atoms in total. The molecule has 168 valence electrons. The van der Waals surface area contributed by atoms with Crippen molar-refractivity contribution in [3.05, 3.63) is 78.4 Å². The van der Waals surface area contributed by atoms with E-state index in [9.17, 15) is 4.79 Å². The van der Waals surface area contributed by atoms with E-state index >= 15 is 0 Å². The van der Waals surface area contributed by atoms with Crippen LogP contribution in [0.4, 0.5) is 11.5 Å². The summed E-state index contributed by atoms with van der Waals surface area (Å²) in [6, 6.07) is 18.0. The van der Waals surface area contributed by atoms with Gasteiger partial charge in [0.25, 0.3) is 0 Å². The van der Waals surface area contributed by atoms with Crippen molar-refractivity contribution in [2.75, 3.05) is 36.4 Å². The number of nitrogens with zero attached hydrogens (tertiary/aromatic N) is 7. The predicted octanol–water partition coefficient (Wildman–Crippen LogP) is 2.41. The Morgan fingerprint density at radius 3 is 2.58 bits per heavy atom. The number of fused-ring (bicyclic) bond motifs is 1. The van der Waals surface area contributed by atoms with Crippen LogP contribution in [0.3, 0.4) is 0 Å². The molecule has 4 aromatic rings. The lowest BCUT2D eigenvalue weighted by atomic mass is 10.2. The van der Waals surface area contributed by atoms with Gasteiger partial charge in [0.15, 0.2) is 11.5 Å². The maximum absolute atomic E-state index is 12.8. The minimum atomic E-state index is 0.144. The number of hydrogen-bond donors (Lipinski definition) is 1. The molecule has 3 aromatic heterocycles. The summed E-state index contributed by atoms with van der Waals surface area (Å²) in [5.74, 6) is 1.55. The molecule has 0 unspecified atom stereocenters. The Morgan fingerprint density at radius 1 is 0.939 bits per heavy atom. The van der Waals surface area contributed by atoms with Crippen molar-refractivity contribution in [3.8, 4) is 0 Å². The number of amides is 1. The zero-order valence-electron chi connectivity index (χ0n) is 18.3. The molecule has 5 rings (SSSR count). The first-order valence-electron chi connectivity index (χ1n) is 11.2. The third-order valence-electron chi connectivity index (χ3n) is 5.84. The Morgan fingerprint density at radius 2 is 1.79 bits per heavy atom. The normalized spacial score (nSPS) is 13.9. The molecule has 1 N–H and O–H groups in total. The largest absolute Gasteiger partial charge is 0.368 e. The molecule has 0 atom stereocenters. The monoisotopic (exact) mass is 442 g/mol. The molecule has 1 aromatic carbocycles. The van der Waals surface area contributed by atoms with Gasteiger partial charge in [-0.1, -0.05) is 24.3 Å². The third kappa shape index (κ3) is 4.92. The van der Waals surface area contributed by atoms with Gasteiger partial charge in [-0.2, -0.15) is 4.52 Å². The molecule has 1 aliphatic rings. The van der Waals surface area contributed by atoms with Crippen molar-refractivity contribution in [2.45, 2.75) is 19.4 Å². The fourth-order valence-electron chi connectivity index (χ4n) is 4.01. The van der Waals surface area contributed by atoms with Gasteiger partial charge in [0, 0.05) is 63.6 Å². The highest BCUT2D eigenvalue weighted by molar-refractivity contribution is 5.76. The Hall–Kier alpha value is -4.01. The zero-order valence-corrected chi connectivity index (χ0v) is 18.3. The summed E-state index contributed by atoms with van der Waals surface area (Å²) in [6.07, 6.45) is 4.46. The smallest absolute Gasteiger partial charge is 0.223 e. The summed E-state index contributed by atoms with van der Waals surface area (Å²) < 4.78 is 1.71. The number of carbonyl (C=O) groups excluding carboxylic acids is 1. The Kier molecular flexibility index (Phi) is 6.10. The number of benzene rings is 1. The molecule has 33 heavy (non-hydrogen) atoms. The van der Waals surface area contributed by atoms with Crippen molar-refractivity contribution in [2.24, 2.45) is 0 Å². The van der Waals surface area contributed by atoms with E-state index in [1.165, 1.54) is 5.69 Å². The second-order valence-corrected chi connectivity index (χ2v) is 8.02. The third-order valence-corrected chi connectivity index (χ3v) is 5.84. The number of nitrogens with one attached hydrogen (secondary N) is 1. The number of para-hydroxylation sites is 1. The lowest BCUT2D eigenvalue weighted by Gasteiger charge is -2.36. The summed E-state index contributed by atoms with van der Waals surface area (Å²) >= 11 is 0. The fourth-order valence-corrected chi connectivity index (χ4v) is 4.01. The van der Waals surface area contributed by atoms with E-state index in [1.807, 2.05) is 53.6 Å². The summed E-state index contributed by atoms with van der Waals surface area (Å²) in [5.41, 5.74) is 2.95. The highest BCUT2D eigenvalue weighted by Gasteiger charge is 2.21. The second kappa shape index (κ2) is 9.64. The number of piperazine rings is 1. The summed E-state index contributed by atoms with van der Waals surface area (Å²) in [7, 11) is 0. The number of aryl methyl sites for hydroxylation is 1. The van der Waals surface area contributed by atoms with Crippen molar-refractivity contribution in [3.63, 3.8) is 0 Å². The molecule has 1 amide bonds. The molecule has 0 radical (unpaired) electrons. The van der Waals surface area contributed by atoms with Gasteiger partial charge in [0.1, 0.15) is 5.82 Å². The van der Waals surface area contributed by atoms with E-state index < -0.39 is 0 Å². The molecule has 0 aliphatic carbocycles. The van der Waals surface area contributed by atoms with Crippen LogP contribution in [-0.2, 0) is 17.8 Å². The van der Waals surface area contributed by atoms with E-state index in [1.54, 1.807) is 10.7 Å². The van der Waals surface area contributed by atoms with E-state index in [0.717, 1.165) is 37.6 Å². The fraction of sp³-hybridized carbons (Fsp3) is 0.292. The van der Waals surface area contributed by atoms with Crippen molar-refractivity contribution >= 4 is 23.1 Å². The lowest BCUT2D eigenvalue weighted by molar-refractivity contribution is -0.131. The number of rotatable bonds is 7. The quantitative estimate of drug-likeness (QED) is 0.470. The van der Waals surface area contributed by atoms with Crippen molar-refractivity contribution in [1.82, 2.24) is 29.7 Å². The maximum Gasteiger partial charge on any atom is 0.223 e. The van der Waals surface area contributed by atoms with Crippen molar-refractivity contribution < 1.29 is 4.79 Å². The molecule has 1 saturated heterocycles. The van der Waals surface area contributed by atoms with Gasteiger partial charge in [-0.25, -0.2) is 0 Å². The molecule has 0 saturated carbocycles. The standard InChI is InChI=1S/C24H26N8O/c33-24(31-15-13-30(14-16-31)20-6-2-1-3-7-20)11-10-23-28-27-22-9-8-21(29-32(22)23)26-18-19-5-4-12-25-17-19/h1-9,12,17H,10-11,13-16,18H2,(H,26,29). The van der Waals surface area contributed by atoms with Crippen LogP contribution in [-0.4, -0.2) is 61.8 Å². The molecule has 1 aliphatic heterocycles. The van der Waals surface area contributed by atoms with Gasteiger partial charge in [0.05, 0.1) is 0 Å². The average molecular weight is 443 g/mol. The molecular weight excluding hydrogens is 416 g/mol. The first-order valence-corrected chi connectivity index (χ1v) is 11.2. The SMILES string of the molecule is O=C(CCc1nnc2ccc(NCc3cccnc3)nn12)N1CCN(c2ccccc2)CC1. The van der Waals surface area contributed by atoms with Gasteiger partial charge in [-0.15, -0.1) is 15.3 Å². The van der Waals surface area contributed by atoms with Crippen LogP contribution in [0.2, 0.25) is 0 Å². The van der Waals surface area contributed by atoms with Gasteiger partial charge >= 0.3 is 0 Å². The van der Waals surface area contributed by atoms with E-state index in [4.69, 9.17) is 0 Å². The first kappa shape index (κ1) is 20.9. The Bertz CT molecular complexity index is 1200. The maximum atomic E-state index is 12.8. The summed E-state index contributed by atoms with van der Waals surface area (Å²) in [4.78, 5) is 21.2. The topological polar surface area (TPSA) is 91.5 Å². The predicted molar refractivity (Wildman–Crippen MR) is 126 cm³/mol. The number of hydrogen-bond acceptors (Lipinski definition) is 7. The van der Waals surface area contributed by atoms with Crippen LogP contribution < -0.4 is 10.2 Å². The average Bonchev–Trinajstić information content (AvgIpc) is 3.29. The van der Waals surface area contributed by atoms with Crippen molar-refractivity contribution in [1.29, 1.82) is 0 Å². The van der Waals surface area contributed by atoms with Gasteiger partial charge < -0.3 is 15.1 Å². The first-order chi connectivity index (χ1) is 16.3. The van der Waals surface area contributed by atoms with Gasteiger partial charge in [-0.3, -0.25) is 9.78 Å². The number of anilines is 2. The lowest BCUT2D eigenvalue weighted by Crippen LogP contribution is -2.48. The highest BCUT2D eigenvalue weighted by atomic mass is 16.2. The number of carbonyl (C=O) groups is 1. The summed E-state index contributed by atoms with van der Waals surface area (Å²) in [6.45, 7) is 3.77. The minimum absolute atomic E-state index is 0.144. The van der Waals surface area contributed by atoms with Crippen LogP contribution in [0, 0.1) is 0 Å². The van der Waals surface area contributed by atoms with Crippen LogP contribution in [0.1, 0.15) is 17.8 Å². The van der Waals surface area contributed by atoms with Crippen LogP contribution in [0.15, 0.2) is 67.0 Å². The van der Waals surface area contributed by atoms with E-state index in [0.29, 0.717) is 30.9 Å². The second-order valence-electron chi connectivity index (χ2n) is 8.02. The van der Waals surface area contributed by atoms with Crippen LogP contribution in [0.25, 0.3) is 5.65 Å². The molecule has 4 heterocycles. The molecule has 1 fully saturated rings. The highest BCUT2D eigenvalue weighted by Crippen LogP contribution is 2.16. The Balaban J connectivity index is 1.17. The Labute approximate surface area is 192 Å². The molecule has 9 heteroatoms. The zero-order chi connectivity index (χ0) is 22.5.